The number of aliphatic hydroxyl groups is 1. The Kier molecular flexibility index (Phi) is 9.20. The highest BCUT2D eigenvalue weighted by molar-refractivity contribution is 5.45. The van der Waals surface area contributed by atoms with Crippen molar-refractivity contribution in [3.8, 4) is 0 Å². The van der Waals surface area contributed by atoms with Gasteiger partial charge in [-0.1, -0.05) is 12.1 Å². The maximum absolute atomic E-state index is 13.9. The van der Waals surface area contributed by atoms with E-state index < -0.39 is 0 Å². The van der Waals surface area contributed by atoms with E-state index in [0.717, 1.165) is 37.6 Å². The summed E-state index contributed by atoms with van der Waals surface area (Å²) in [5.74, 6) is -0.256. The lowest BCUT2D eigenvalue weighted by atomic mass is 10.0. The SMILES string of the molecule is CC(C)(C)OC=O.OCc1ccc(CCc2ccc(N3CCNCC3)cn2)c(F)c1. The van der Waals surface area contributed by atoms with Crippen LogP contribution < -0.4 is 10.2 Å². The molecule has 2 N–H and O–H groups in total. The Balaban J connectivity index is 0.000000396. The third-order valence-corrected chi connectivity index (χ3v) is 4.64. The van der Waals surface area contributed by atoms with Crippen LogP contribution in [0.5, 0.6) is 0 Å². The molecule has 0 unspecified atom stereocenters. The molecule has 0 spiro atoms. The van der Waals surface area contributed by atoms with E-state index in [4.69, 9.17) is 5.11 Å². The number of anilines is 1. The van der Waals surface area contributed by atoms with Gasteiger partial charge < -0.3 is 20.1 Å². The Morgan fingerprint density at radius 1 is 1.20 bits per heavy atom. The maximum Gasteiger partial charge on any atom is 0.293 e. The minimum absolute atomic E-state index is 0.133. The first-order valence-corrected chi connectivity index (χ1v) is 10.2. The topological polar surface area (TPSA) is 74.7 Å². The molecule has 164 valence electrons. The lowest BCUT2D eigenvalue weighted by molar-refractivity contribution is -0.138. The molecule has 7 heteroatoms. The number of rotatable bonds is 6. The molecule has 0 bridgehead atoms. The quantitative estimate of drug-likeness (QED) is 0.704. The first-order chi connectivity index (χ1) is 14.3. The van der Waals surface area contributed by atoms with Crippen LogP contribution in [-0.4, -0.2) is 48.3 Å². The van der Waals surface area contributed by atoms with E-state index in [1.165, 1.54) is 6.07 Å². The third kappa shape index (κ3) is 8.08. The largest absolute Gasteiger partial charge is 0.462 e. The zero-order valence-corrected chi connectivity index (χ0v) is 18.0. The molecule has 1 saturated heterocycles. The molecular formula is C23H32FN3O3. The van der Waals surface area contributed by atoms with E-state index in [0.29, 0.717) is 30.4 Å². The molecule has 1 aliphatic heterocycles. The van der Waals surface area contributed by atoms with Gasteiger partial charge in [0, 0.05) is 31.9 Å². The lowest BCUT2D eigenvalue weighted by Crippen LogP contribution is -2.43. The van der Waals surface area contributed by atoms with E-state index in [2.05, 4.69) is 26.0 Å². The molecule has 0 aliphatic carbocycles. The number of aliphatic hydroxyl groups excluding tert-OH is 1. The summed E-state index contributed by atoms with van der Waals surface area (Å²) in [7, 11) is 0. The van der Waals surface area contributed by atoms with Gasteiger partial charge in [0.2, 0.25) is 0 Å². The van der Waals surface area contributed by atoms with Gasteiger partial charge in [-0.15, -0.1) is 0 Å². The van der Waals surface area contributed by atoms with Crippen LogP contribution >= 0.6 is 0 Å². The van der Waals surface area contributed by atoms with Gasteiger partial charge >= 0.3 is 0 Å². The minimum Gasteiger partial charge on any atom is -0.462 e. The number of pyridine rings is 1. The molecule has 1 aromatic heterocycles. The van der Waals surface area contributed by atoms with Crippen molar-refractivity contribution in [2.45, 2.75) is 45.8 Å². The molecule has 0 saturated carbocycles. The van der Waals surface area contributed by atoms with Gasteiger partial charge in [0.05, 0.1) is 18.5 Å². The van der Waals surface area contributed by atoms with Crippen LogP contribution in [0.2, 0.25) is 0 Å². The van der Waals surface area contributed by atoms with Crippen molar-refractivity contribution in [2.24, 2.45) is 0 Å². The third-order valence-electron chi connectivity index (χ3n) is 4.64. The highest BCUT2D eigenvalue weighted by Crippen LogP contribution is 2.16. The highest BCUT2D eigenvalue weighted by Gasteiger charge is 2.11. The van der Waals surface area contributed by atoms with Crippen LogP contribution in [-0.2, 0) is 29.0 Å². The summed E-state index contributed by atoms with van der Waals surface area (Å²) >= 11 is 0. The molecule has 0 amide bonds. The predicted octanol–water partition coefficient (Wildman–Crippen LogP) is 2.87. The Morgan fingerprint density at radius 2 is 1.93 bits per heavy atom. The Bertz CT molecular complexity index is 785. The second-order valence-corrected chi connectivity index (χ2v) is 8.16. The molecule has 1 aromatic carbocycles. The Morgan fingerprint density at radius 3 is 2.43 bits per heavy atom. The monoisotopic (exact) mass is 417 g/mol. The zero-order chi connectivity index (χ0) is 22.0. The van der Waals surface area contributed by atoms with Gasteiger partial charge in [-0.25, -0.2) is 4.39 Å². The second kappa shape index (κ2) is 11.6. The number of aromatic nitrogens is 1. The number of ether oxygens (including phenoxy) is 1. The number of aryl methyl sites for hydroxylation is 2. The van der Waals surface area contributed by atoms with Gasteiger partial charge in [0.1, 0.15) is 11.4 Å². The molecule has 2 heterocycles. The van der Waals surface area contributed by atoms with Crippen LogP contribution in [0.1, 0.15) is 37.6 Å². The average Bonchev–Trinajstić information content (AvgIpc) is 2.73. The lowest BCUT2D eigenvalue weighted by Gasteiger charge is -2.29. The summed E-state index contributed by atoms with van der Waals surface area (Å²) in [4.78, 5) is 16.4. The Hall–Kier alpha value is -2.51. The van der Waals surface area contributed by atoms with Crippen molar-refractivity contribution in [1.82, 2.24) is 10.3 Å². The molecular weight excluding hydrogens is 385 g/mol. The Labute approximate surface area is 178 Å². The molecule has 30 heavy (non-hydrogen) atoms. The summed E-state index contributed by atoms with van der Waals surface area (Å²) in [6, 6.07) is 9.03. The molecule has 0 radical (unpaired) electrons. The van der Waals surface area contributed by atoms with E-state index in [1.807, 2.05) is 33.0 Å². The van der Waals surface area contributed by atoms with Crippen LogP contribution in [0.25, 0.3) is 0 Å². The number of hydrogen-bond acceptors (Lipinski definition) is 6. The van der Waals surface area contributed by atoms with Crippen molar-refractivity contribution in [2.75, 3.05) is 31.1 Å². The van der Waals surface area contributed by atoms with Crippen LogP contribution in [0.3, 0.4) is 0 Å². The first kappa shape index (κ1) is 23.8. The second-order valence-electron chi connectivity index (χ2n) is 8.16. The smallest absolute Gasteiger partial charge is 0.293 e. The fourth-order valence-corrected chi connectivity index (χ4v) is 2.97. The molecule has 6 nitrogen and oxygen atoms in total. The molecule has 1 aliphatic rings. The molecule has 0 atom stereocenters. The first-order valence-electron chi connectivity index (χ1n) is 10.2. The summed E-state index contributed by atoms with van der Waals surface area (Å²) in [5.41, 5.74) is 3.06. The van der Waals surface area contributed by atoms with Gasteiger partial charge in [-0.2, -0.15) is 0 Å². The van der Waals surface area contributed by atoms with Crippen LogP contribution in [0.4, 0.5) is 10.1 Å². The number of piperazine rings is 1. The summed E-state index contributed by atoms with van der Waals surface area (Å²) in [6.45, 7) is 9.80. The van der Waals surface area contributed by atoms with Gasteiger partial charge in [0.25, 0.3) is 6.47 Å². The fourth-order valence-electron chi connectivity index (χ4n) is 2.97. The van der Waals surface area contributed by atoms with Crippen LogP contribution in [0, 0.1) is 5.82 Å². The number of hydrogen-bond donors (Lipinski definition) is 2. The minimum atomic E-state index is -0.318. The summed E-state index contributed by atoms with van der Waals surface area (Å²) < 4.78 is 18.5. The normalized spacial score (nSPS) is 14.0. The predicted molar refractivity (Wildman–Crippen MR) is 116 cm³/mol. The van der Waals surface area contributed by atoms with Crippen molar-refractivity contribution < 1.29 is 19.0 Å². The van der Waals surface area contributed by atoms with Gasteiger partial charge in [-0.3, -0.25) is 9.78 Å². The van der Waals surface area contributed by atoms with E-state index in [9.17, 15) is 9.18 Å². The van der Waals surface area contributed by atoms with E-state index >= 15 is 0 Å². The van der Waals surface area contributed by atoms with Gasteiger partial charge in [0.15, 0.2) is 0 Å². The number of nitrogens with one attached hydrogen (secondary N) is 1. The standard InChI is InChI=1S/C18H22FN3O.C5H10O2/c19-18-11-14(13-23)1-2-15(18)3-4-16-5-6-17(12-21-16)22-9-7-20-8-10-22;1-5(2,3)7-4-6/h1-2,5-6,11-12,20,23H,3-4,7-10,13H2;4H,1-3H3. The molecule has 2 aromatic rings. The maximum atomic E-state index is 13.9. The number of nitrogens with zero attached hydrogens (tertiary/aromatic N) is 2. The summed E-state index contributed by atoms with van der Waals surface area (Å²) in [5, 5.41) is 12.3. The van der Waals surface area contributed by atoms with Crippen molar-refractivity contribution in [3.63, 3.8) is 0 Å². The highest BCUT2D eigenvalue weighted by atomic mass is 19.1. The number of benzene rings is 1. The van der Waals surface area contributed by atoms with Crippen molar-refractivity contribution in [3.05, 3.63) is 59.2 Å². The fraction of sp³-hybridized carbons (Fsp3) is 0.478. The average molecular weight is 418 g/mol. The number of carbonyl (C=O) groups is 1. The number of halogens is 1. The number of carbonyl (C=O) groups excluding carboxylic acids is 1. The summed E-state index contributed by atoms with van der Waals surface area (Å²) in [6.07, 6.45) is 3.22. The van der Waals surface area contributed by atoms with E-state index in [-0.39, 0.29) is 18.0 Å². The van der Waals surface area contributed by atoms with Gasteiger partial charge in [-0.05, 0) is 62.9 Å². The molecule has 1 fully saturated rings. The zero-order valence-electron chi connectivity index (χ0n) is 18.0. The van der Waals surface area contributed by atoms with Crippen molar-refractivity contribution in [1.29, 1.82) is 0 Å². The van der Waals surface area contributed by atoms with Crippen molar-refractivity contribution >= 4 is 12.2 Å². The van der Waals surface area contributed by atoms with E-state index in [1.54, 1.807) is 12.1 Å². The van der Waals surface area contributed by atoms with Crippen LogP contribution in [0.15, 0.2) is 36.5 Å². The molecule has 3 rings (SSSR count).